The van der Waals surface area contributed by atoms with E-state index >= 15 is 0 Å². The largest absolute Gasteiger partial charge is 0.469 e. The number of methoxy groups -OCH3 is 2. The van der Waals surface area contributed by atoms with Crippen molar-refractivity contribution in [1.29, 1.82) is 0 Å². The second kappa shape index (κ2) is 18.2. The highest BCUT2D eigenvalue weighted by Gasteiger charge is 2.33. The van der Waals surface area contributed by atoms with Crippen molar-refractivity contribution < 1.29 is 52.6 Å². The lowest BCUT2D eigenvalue weighted by atomic mass is 9.85. The van der Waals surface area contributed by atoms with Gasteiger partial charge >= 0.3 is 13.9 Å². The van der Waals surface area contributed by atoms with Gasteiger partial charge in [-0.05, 0) is 44.3 Å². The molecule has 1 aliphatic carbocycles. The lowest BCUT2D eigenvalue weighted by molar-refractivity contribution is -0.119. The fourth-order valence-corrected chi connectivity index (χ4v) is 5.64. The number of amides is 2. The predicted octanol–water partition coefficient (Wildman–Crippen LogP) is 1.96. The van der Waals surface area contributed by atoms with Gasteiger partial charge < -0.3 is 45.5 Å². The molecule has 1 unspecified atom stereocenters. The van der Waals surface area contributed by atoms with Crippen LogP contribution < -0.4 is 16.4 Å². The summed E-state index contributed by atoms with van der Waals surface area (Å²) in [7, 11) is -0.313. The van der Waals surface area contributed by atoms with Gasteiger partial charge in [0.2, 0.25) is 5.78 Å². The van der Waals surface area contributed by atoms with Gasteiger partial charge in [0, 0.05) is 44.9 Å². The highest BCUT2D eigenvalue weighted by Crippen LogP contribution is 2.35. The van der Waals surface area contributed by atoms with Crippen LogP contribution in [0.25, 0.3) is 0 Å². The van der Waals surface area contributed by atoms with Crippen molar-refractivity contribution in [1.82, 2.24) is 10.6 Å². The normalized spacial score (nSPS) is 30.9. The van der Waals surface area contributed by atoms with Gasteiger partial charge in [-0.1, -0.05) is 38.2 Å². The molecule has 1 aliphatic heterocycles. The summed E-state index contributed by atoms with van der Waals surface area (Å²) in [6.07, 6.45) is 3.84. The number of hydrogen-bond donors (Lipinski definition) is 6. The Balaban J connectivity index is 2.63. The molecule has 0 aromatic heterocycles. The number of allylic oxidation sites excluding steroid dienone is 4. The highest BCUT2D eigenvalue weighted by molar-refractivity contribution is 7.46. The zero-order chi connectivity index (χ0) is 35.5. The summed E-state index contributed by atoms with van der Waals surface area (Å²) >= 11 is 0. The molecule has 6 atom stereocenters. The number of nitrogens with zero attached hydrogens (tertiary/aromatic N) is 1. The maximum Gasteiger partial charge on any atom is 0.469 e. The van der Waals surface area contributed by atoms with E-state index in [1.165, 1.54) is 33.4 Å². The van der Waals surface area contributed by atoms with Crippen LogP contribution in [0, 0.1) is 11.8 Å². The first-order chi connectivity index (χ1) is 22.0. The molecule has 47 heavy (non-hydrogen) atoms. The Morgan fingerprint density at radius 3 is 2.45 bits per heavy atom. The minimum absolute atomic E-state index is 0.0223. The lowest BCUT2D eigenvalue weighted by Gasteiger charge is -2.30. The molecule has 2 bridgehead atoms. The SMILES string of the molecule is CN=C1C=C2NC(=O)/C(C)=C/C=C\[C@H](OC)[C@@H](OC(N)=O)/C(C)=C/[C@H](C)C(O)[C@@H](OC)C[C@H](C)CC(=C1NCCOP(=O)(O)O)C2=O. The summed E-state index contributed by atoms with van der Waals surface area (Å²) in [6.45, 7) is 6.52. The van der Waals surface area contributed by atoms with E-state index in [0.29, 0.717) is 23.4 Å². The molecule has 2 amide bonds. The fraction of sp³-hybridized carbons (Fsp3) is 0.548. The number of Topliss-reactive ketones (excluding diaryl/α,β-unsaturated/α-hetero) is 1. The number of phosphoric acid groups is 1. The molecule has 16 heteroatoms. The zero-order valence-electron chi connectivity index (χ0n) is 27.8. The molecule has 0 spiro atoms. The summed E-state index contributed by atoms with van der Waals surface area (Å²) in [5, 5.41) is 17.0. The van der Waals surface area contributed by atoms with Crippen molar-refractivity contribution >= 4 is 31.3 Å². The second-order valence-corrected chi connectivity index (χ2v) is 12.7. The molecule has 262 valence electrons. The highest BCUT2D eigenvalue weighted by atomic mass is 31.2. The first-order valence-electron chi connectivity index (χ1n) is 15.0. The number of phosphoric ester groups is 1. The van der Waals surface area contributed by atoms with Crippen LogP contribution in [0.1, 0.15) is 40.5 Å². The number of primary amides is 1. The van der Waals surface area contributed by atoms with Crippen molar-refractivity contribution in [2.24, 2.45) is 22.6 Å². The van der Waals surface area contributed by atoms with E-state index < -0.39 is 55.9 Å². The minimum Gasteiger partial charge on any atom is -0.439 e. The Bertz CT molecular complexity index is 1400. The van der Waals surface area contributed by atoms with Gasteiger partial charge in [0.05, 0.1) is 35.9 Å². The maximum atomic E-state index is 13.9. The summed E-state index contributed by atoms with van der Waals surface area (Å²) in [6, 6.07) is 0. The number of nitrogens with two attached hydrogens (primary N) is 1. The Kier molecular flexibility index (Phi) is 15.4. The molecule has 0 fully saturated rings. The minimum atomic E-state index is -4.71. The zero-order valence-corrected chi connectivity index (χ0v) is 28.7. The number of aliphatic imine (C=N–C) groups is 1. The van der Waals surface area contributed by atoms with Crippen LogP contribution >= 0.6 is 7.82 Å². The second-order valence-electron chi connectivity index (χ2n) is 11.4. The molecule has 7 N–H and O–H groups in total. The summed E-state index contributed by atoms with van der Waals surface area (Å²) in [5.74, 6) is -1.77. The topological polar surface area (TPSA) is 228 Å². The number of fused-ring (bicyclic) bond motifs is 2. The van der Waals surface area contributed by atoms with E-state index in [-0.39, 0.29) is 42.3 Å². The van der Waals surface area contributed by atoms with Crippen LogP contribution in [0.3, 0.4) is 0 Å². The number of aliphatic hydroxyl groups excluding tert-OH is 1. The molecular weight excluding hydrogens is 635 g/mol. The molecule has 0 saturated carbocycles. The van der Waals surface area contributed by atoms with Crippen LogP contribution in [-0.2, 0) is 32.9 Å². The van der Waals surface area contributed by atoms with Gasteiger partial charge in [0.1, 0.15) is 6.10 Å². The van der Waals surface area contributed by atoms with E-state index in [2.05, 4.69) is 20.1 Å². The van der Waals surface area contributed by atoms with Crippen molar-refractivity contribution in [3.8, 4) is 0 Å². The van der Waals surface area contributed by atoms with Crippen molar-refractivity contribution in [3.05, 3.63) is 58.5 Å². The number of hydrogen-bond acceptors (Lipinski definition) is 11. The average molecular weight is 683 g/mol. The Morgan fingerprint density at radius 2 is 1.87 bits per heavy atom. The predicted molar refractivity (Wildman–Crippen MR) is 174 cm³/mol. The van der Waals surface area contributed by atoms with E-state index in [1.807, 2.05) is 6.92 Å². The van der Waals surface area contributed by atoms with Gasteiger partial charge in [-0.2, -0.15) is 0 Å². The number of ketones is 1. The molecule has 0 aromatic rings. The molecule has 1 heterocycles. The van der Waals surface area contributed by atoms with E-state index in [9.17, 15) is 24.1 Å². The van der Waals surface area contributed by atoms with Gasteiger partial charge in [0.25, 0.3) is 5.91 Å². The lowest BCUT2D eigenvalue weighted by Crippen LogP contribution is -2.38. The number of carbonyl (C=O) groups excluding carboxylic acids is 3. The number of ether oxygens (including phenoxy) is 3. The summed E-state index contributed by atoms with van der Waals surface area (Å²) < 4.78 is 32.3. The van der Waals surface area contributed by atoms with Crippen LogP contribution in [0.5, 0.6) is 0 Å². The quantitative estimate of drug-likeness (QED) is 0.0935. The van der Waals surface area contributed by atoms with Crippen molar-refractivity contribution in [3.63, 3.8) is 0 Å². The monoisotopic (exact) mass is 682 g/mol. The van der Waals surface area contributed by atoms with Crippen LogP contribution in [0.4, 0.5) is 4.79 Å². The molecule has 15 nitrogen and oxygen atoms in total. The third-order valence-corrected chi connectivity index (χ3v) is 8.23. The number of carbonyl (C=O) groups is 3. The van der Waals surface area contributed by atoms with Gasteiger partial charge in [-0.15, -0.1) is 0 Å². The molecule has 0 radical (unpaired) electrons. The first kappa shape index (κ1) is 39.7. The average Bonchev–Trinajstić information content (AvgIpc) is 3.00. The van der Waals surface area contributed by atoms with Gasteiger partial charge in [-0.3, -0.25) is 19.1 Å². The van der Waals surface area contributed by atoms with Crippen molar-refractivity contribution in [2.75, 3.05) is 34.4 Å². The Morgan fingerprint density at radius 1 is 1.19 bits per heavy atom. The first-order valence-corrected chi connectivity index (χ1v) is 16.5. The fourth-order valence-electron chi connectivity index (χ4n) is 5.31. The molecule has 0 aromatic carbocycles. The smallest absolute Gasteiger partial charge is 0.439 e. The van der Waals surface area contributed by atoms with Crippen LogP contribution in [-0.4, -0.2) is 97.2 Å². The van der Waals surface area contributed by atoms with Crippen molar-refractivity contribution in [2.45, 2.75) is 65.0 Å². The van der Waals surface area contributed by atoms with E-state index in [4.69, 9.17) is 29.7 Å². The van der Waals surface area contributed by atoms with Crippen LogP contribution in [0.2, 0.25) is 0 Å². The number of aliphatic hydroxyl groups is 1. The standard InChI is InChI=1S/C31H47N4O11P/c1-17-13-21-26(34-11-12-45-47(40,41)42)22(33-5)16-23(28(21)37)35-30(38)18(2)9-8-10-24(43-6)29(46-31(32)39)20(4)15-19(3)27(36)25(14-17)44-7/h8-10,15-17,19,24-25,27,29,34,36H,11-14H2,1-7H3,(H2,32,39)(H,35,38)(H2,40,41,42)/b10-8-,18-9+,20-15+,33-22?/t17-,19+,24+,25+,27?,29+/m1/s1. The third-order valence-electron chi connectivity index (χ3n) is 7.71. The molecule has 2 rings (SSSR count). The number of rotatable bonds is 8. The van der Waals surface area contributed by atoms with E-state index in [1.54, 1.807) is 39.0 Å². The van der Waals surface area contributed by atoms with E-state index in [0.717, 1.165) is 0 Å². The third kappa shape index (κ3) is 12.0. The van der Waals surface area contributed by atoms with Gasteiger partial charge in [-0.25, -0.2) is 9.36 Å². The Hall–Kier alpha value is -3.43. The summed E-state index contributed by atoms with van der Waals surface area (Å²) in [4.78, 5) is 61.2. The Labute approximate surface area is 274 Å². The maximum absolute atomic E-state index is 13.9. The van der Waals surface area contributed by atoms with Gasteiger partial charge in [0.15, 0.2) is 6.10 Å². The number of nitrogens with one attached hydrogen (secondary N) is 2. The molecule has 0 saturated heterocycles. The summed E-state index contributed by atoms with van der Waals surface area (Å²) in [5.41, 5.74) is 7.06. The molecular formula is C31H47N4O11P. The molecule has 2 aliphatic rings. The van der Waals surface area contributed by atoms with Crippen LogP contribution in [0.15, 0.2) is 63.5 Å².